The van der Waals surface area contributed by atoms with Gasteiger partial charge in [-0.2, -0.15) is 0 Å². The van der Waals surface area contributed by atoms with Crippen LogP contribution in [0.4, 0.5) is 5.69 Å². The van der Waals surface area contributed by atoms with E-state index in [-0.39, 0.29) is 11.5 Å². The molecule has 0 aliphatic heterocycles. The van der Waals surface area contributed by atoms with Gasteiger partial charge in [0.1, 0.15) is 0 Å². The number of benzene rings is 3. The Morgan fingerprint density at radius 1 is 0.815 bits per heavy atom. The molecule has 0 spiro atoms. The zero-order chi connectivity index (χ0) is 19.1. The molecule has 0 bridgehead atoms. The predicted octanol–water partition coefficient (Wildman–Crippen LogP) is 4.63. The Hall–Kier alpha value is -3.66. The first-order valence-electron chi connectivity index (χ1n) is 8.55. The summed E-state index contributed by atoms with van der Waals surface area (Å²) in [5.41, 5.74) is 2.80. The number of carbonyl (C=O) groups excluding carboxylic acids is 1. The Morgan fingerprint density at radius 2 is 1.41 bits per heavy atom. The SMILES string of the molecule is O=C(O)c1ccc(CN(C(=O)/C=C/c2ccccc2)c2ccccc2)cc1. The van der Waals surface area contributed by atoms with Crippen molar-refractivity contribution in [2.45, 2.75) is 6.54 Å². The maximum Gasteiger partial charge on any atom is 0.335 e. The fourth-order valence-electron chi connectivity index (χ4n) is 2.66. The van der Waals surface area contributed by atoms with E-state index in [0.717, 1.165) is 16.8 Å². The fourth-order valence-corrected chi connectivity index (χ4v) is 2.66. The molecule has 0 heterocycles. The zero-order valence-electron chi connectivity index (χ0n) is 14.7. The molecule has 3 rings (SSSR count). The van der Waals surface area contributed by atoms with Crippen LogP contribution in [0.1, 0.15) is 21.5 Å². The van der Waals surface area contributed by atoms with E-state index in [1.807, 2.05) is 60.7 Å². The van der Waals surface area contributed by atoms with Gasteiger partial charge < -0.3 is 10.0 Å². The molecule has 0 aliphatic rings. The second-order valence-corrected chi connectivity index (χ2v) is 6.01. The highest BCUT2D eigenvalue weighted by atomic mass is 16.4. The van der Waals surface area contributed by atoms with E-state index in [0.29, 0.717) is 6.54 Å². The molecule has 3 aromatic carbocycles. The average molecular weight is 357 g/mol. The molecule has 1 amide bonds. The molecule has 4 heteroatoms. The first-order chi connectivity index (χ1) is 13.1. The van der Waals surface area contributed by atoms with Crippen LogP contribution in [0, 0.1) is 0 Å². The van der Waals surface area contributed by atoms with Gasteiger partial charge in [0.25, 0.3) is 5.91 Å². The van der Waals surface area contributed by atoms with Crippen LogP contribution in [-0.2, 0) is 11.3 Å². The highest BCUT2D eigenvalue weighted by Gasteiger charge is 2.14. The number of aromatic carboxylic acids is 1. The first kappa shape index (κ1) is 18.1. The molecule has 3 aromatic rings. The molecule has 0 aliphatic carbocycles. The third-order valence-corrected chi connectivity index (χ3v) is 4.09. The molecule has 1 N–H and O–H groups in total. The van der Waals surface area contributed by atoms with E-state index in [2.05, 4.69) is 0 Å². The van der Waals surface area contributed by atoms with E-state index in [1.165, 1.54) is 0 Å². The maximum absolute atomic E-state index is 12.8. The summed E-state index contributed by atoms with van der Waals surface area (Å²) in [6.07, 6.45) is 3.33. The van der Waals surface area contributed by atoms with E-state index < -0.39 is 5.97 Å². The van der Waals surface area contributed by atoms with Crippen LogP contribution in [0.25, 0.3) is 6.08 Å². The first-order valence-corrected chi connectivity index (χ1v) is 8.55. The molecule has 0 aromatic heterocycles. The maximum atomic E-state index is 12.8. The van der Waals surface area contributed by atoms with Crippen molar-refractivity contribution in [1.29, 1.82) is 0 Å². The lowest BCUT2D eigenvalue weighted by atomic mass is 10.1. The number of carboxylic acid groups (broad SMARTS) is 1. The highest BCUT2D eigenvalue weighted by Crippen LogP contribution is 2.18. The Bertz CT molecular complexity index is 932. The third kappa shape index (κ3) is 4.92. The second-order valence-electron chi connectivity index (χ2n) is 6.01. The lowest BCUT2D eigenvalue weighted by Gasteiger charge is -2.21. The van der Waals surface area contributed by atoms with Crippen molar-refractivity contribution in [2.24, 2.45) is 0 Å². The number of hydrogen-bond acceptors (Lipinski definition) is 2. The van der Waals surface area contributed by atoms with E-state index >= 15 is 0 Å². The summed E-state index contributed by atoms with van der Waals surface area (Å²) in [4.78, 5) is 25.5. The van der Waals surface area contributed by atoms with Gasteiger partial charge in [-0.25, -0.2) is 4.79 Å². The third-order valence-electron chi connectivity index (χ3n) is 4.09. The van der Waals surface area contributed by atoms with Gasteiger partial charge in [-0.15, -0.1) is 0 Å². The smallest absolute Gasteiger partial charge is 0.335 e. The van der Waals surface area contributed by atoms with Gasteiger partial charge in [-0.3, -0.25) is 4.79 Å². The van der Waals surface area contributed by atoms with Gasteiger partial charge in [-0.05, 0) is 41.5 Å². The summed E-state index contributed by atoms with van der Waals surface area (Å²) in [7, 11) is 0. The molecule has 0 atom stereocenters. The lowest BCUT2D eigenvalue weighted by Crippen LogP contribution is -2.28. The molecular formula is C23H19NO3. The Kier molecular flexibility index (Phi) is 5.80. The summed E-state index contributed by atoms with van der Waals surface area (Å²) < 4.78 is 0. The standard InChI is InChI=1S/C23H19NO3/c25-22(16-13-18-7-3-1-4-8-18)24(21-9-5-2-6-10-21)17-19-11-14-20(15-12-19)23(26)27/h1-16H,17H2,(H,26,27)/b16-13+. The van der Waals surface area contributed by atoms with Gasteiger partial charge in [0.15, 0.2) is 0 Å². The monoisotopic (exact) mass is 357 g/mol. The summed E-state index contributed by atoms with van der Waals surface area (Å²) >= 11 is 0. The summed E-state index contributed by atoms with van der Waals surface area (Å²) in [5, 5.41) is 9.03. The minimum atomic E-state index is -0.969. The number of carbonyl (C=O) groups is 2. The number of nitrogens with zero attached hydrogens (tertiary/aromatic N) is 1. The summed E-state index contributed by atoms with van der Waals surface area (Å²) in [5.74, 6) is -1.12. The molecular weight excluding hydrogens is 338 g/mol. The predicted molar refractivity (Wildman–Crippen MR) is 107 cm³/mol. The van der Waals surface area contributed by atoms with Crippen LogP contribution in [-0.4, -0.2) is 17.0 Å². The molecule has 0 saturated carbocycles. The lowest BCUT2D eigenvalue weighted by molar-refractivity contribution is -0.114. The topological polar surface area (TPSA) is 57.6 Å². The van der Waals surface area contributed by atoms with Crippen molar-refractivity contribution in [2.75, 3.05) is 4.90 Å². The summed E-state index contributed by atoms with van der Waals surface area (Å²) in [6.45, 7) is 0.349. The number of rotatable bonds is 6. The van der Waals surface area contributed by atoms with E-state index in [9.17, 15) is 9.59 Å². The number of hydrogen-bond donors (Lipinski definition) is 1. The number of para-hydroxylation sites is 1. The Morgan fingerprint density at radius 3 is 2.00 bits per heavy atom. The Labute approximate surface area is 158 Å². The molecule has 134 valence electrons. The van der Waals surface area contributed by atoms with Crippen LogP contribution < -0.4 is 4.90 Å². The van der Waals surface area contributed by atoms with Gasteiger partial charge in [0, 0.05) is 11.8 Å². The van der Waals surface area contributed by atoms with Crippen LogP contribution in [0.15, 0.2) is 91.0 Å². The normalized spacial score (nSPS) is 10.7. The zero-order valence-corrected chi connectivity index (χ0v) is 14.7. The van der Waals surface area contributed by atoms with Crippen LogP contribution in [0.3, 0.4) is 0 Å². The fraction of sp³-hybridized carbons (Fsp3) is 0.0435. The second kappa shape index (κ2) is 8.63. The number of amides is 1. The average Bonchev–Trinajstić information content (AvgIpc) is 2.72. The minimum absolute atomic E-state index is 0.146. The molecule has 0 unspecified atom stereocenters. The van der Waals surface area contributed by atoms with Crippen molar-refractivity contribution in [3.8, 4) is 0 Å². The largest absolute Gasteiger partial charge is 0.478 e. The molecule has 0 fully saturated rings. The quantitative estimate of drug-likeness (QED) is 0.654. The highest BCUT2D eigenvalue weighted by molar-refractivity contribution is 6.03. The van der Waals surface area contributed by atoms with Crippen molar-refractivity contribution in [3.05, 3.63) is 108 Å². The van der Waals surface area contributed by atoms with Crippen LogP contribution in [0.5, 0.6) is 0 Å². The summed E-state index contributed by atoms with van der Waals surface area (Å²) in [6, 6.07) is 25.6. The van der Waals surface area contributed by atoms with Gasteiger partial charge in [0.05, 0.1) is 12.1 Å². The van der Waals surface area contributed by atoms with Crippen molar-refractivity contribution >= 4 is 23.6 Å². The van der Waals surface area contributed by atoms with Gasteiger partial charge >= 0.3 is 5.97 Å². The minimum Gasteiger partial charge on any atom is -0.478 e. The van der Waals surface area contributed by atoms with Crippen LogP contribution >= 0.6 is 0 Å². The van der Waals surface area contributed by atoms with Crippen molar-refractivity contribution in [3.63, 3.8) is 0 Å². The van der Waals surface area contributed by atoms with Gasteiger partial charge in [0.2, 0.25) is 0 Å². The van der Waals surface area contributed by atoms with Crippen molar-refractivity contribution in [1.82, 2.24) is 0 Å². The molecule has 4 nitrogen and oxygen atoms in total. The van der Waals surface area contributed by atoms with Crippen LogP contribution in [0.2, 0.25) is 0 Å². The molecule has 27 heavy (non-hydrogen) atoms. The molecule has 0 saturated heterocycles. The number of anilines is 1. The molecule has 0 radical (unpaired) electrons. The van der Waals surface area contributed by atoms with Crippen molar-refractivity contribution < 1.29 is 14.7 Å². The number of carboxylic acids is 1. The van der Waals surface area contributed by atoms with Gasteiger partial charge in [-0.1, -0.05) is 60.7 Å². The van der Waals surface area contributed by atoms with E-state index in [4.69, 9.17) is 5.11 Å². The van der Waals surface area contributed by atoms with E-state index in [1.54, 1.807) is 41.3 Å². The Balaban J connectivity index is 1.84.